The molecule has 0 aliphatic carbocycles. The molecular weight excluding hydrogens is 282 g/mol. The van der Waals surface area contributed by atoms with Crippen LogP contribution in [0, 0.1) is 13.8 Å². The standard InChI is InChI=1S/C16H23N3OS/c1-7-12-11(3)21-9-13(12)15(20)18-14-8-17-19(10(14)2)16(4,5)6/h8-9H,7H2,1-6H3,(H,18,20). The van der Waals surface area contributed by atoms with Crippen LogP contribution in [-0.2, 0) is 12.0 Å². The van der Waals surface area contributed by atoms with Crippen molar-refractivity contribution in [1.82, 2.24) is 9.78 Å². The minimum atomic E-state index is -0.0966. The van der Waals surface area contributed by atoms with Gasteiger partial charge in [0.15, 0.2) is 0 Å². The summed E-state index contributed by atoms with van der Waals surface area (Å²) in [5, 5.41) is 9.32. The fourth-order valence-corrected chi connectivity index (χ4v) is 3.45. The van der Waals surface area contributed by atoms with E-state index in [1.54, 1.807) is 17.5 Å². The molecule has 0 unspecified atom stereocenters. The third-order valence-electron chi connectivity index (χ3n) is 3.60. The van der Waals surface area contributed by atoms with Gasteiger partial charge in [0, 0.05) is 10.3 Å². The average Bonchev–Trinajstić information content (AvgIpc) is 2.93. The van der Waals surface area contributed by atoms with Gasteiger partial charge in [0.1, 0.15) is 0 Å². The van der Waals surface area contributed by atoms with E-state index in [9.17, 15) is 4.79 Å². The van der Waals surface area contributed by atoms with Crippen LogP contribution in [-0.4, -0.2) is 15.7 Å². The van der Waals surface area contributed by atoms with E-state index in [4.69, 9.17) is 0 Å². The molecule has 0 spiro atoms. The van der Waals surface area contributed by atoms with Crippen LogP contribution in [0.1, 0.15) is 54.2 Å². The maximum Gasteiger partial charge on any atom is 0.256 e. The lowest BCUT2D eigenvalue weighted by Gasteiger charge is -2.21. The van der Waals surface area contributed by atoms with Gasteiger partial charge in [-0.3, -0.25) is 9.48 Å². The van der Waals surface area contributed by atoms with Gasteiger partial charge in [0.2, 0.25) is 0 Å². The highest BCUT2D eigenvalue weighted by Crippen LogP contribution is 2.25. The predicted octanol–water partition coefficient (Wildman–Crippen LogP) is 4.13. The zero-order valence-corrected chi connectivity index (χ0v) is 14.4. The number of rotatable bonds is 3. The first-order valence-electron chi connectivity index (χ1n) is 7.19. The number of carbonyl (C=O) groups is 1. The van der Waals surface area contributed by atoms with Gasteiger partial charge >= 0.3 is 0 Å². The second-order valence-corrected chi connectivity index (χ2v) is 7.30. The predicted molar refractivity (Wildman–Crippen MR) is 88.3 cm³/mol. The van der Waals surface area contributed by atoms with Crippen LogP contribution in [0.25, 0.3) is 0 Å². The highest BCUT2D eigenvalue weighted by Gasteiger charge is 2.20. The number of carbonyl (C=O) groups excluding carboxylic acids is 1. The zero-order chi connectivity index (χ0) is 15.8. The van der Waals surface area contributed by atoms with Crippen molar-refractivity contribution in [3.05, 3.63) is 33.3 Å². The number of amides is 1. The van der Waals surface area contributed by atoms with Gasteiger partial charge in [-0.2, -0.15) is 5.10 Å². The molecule has 0 aliphatic rings. The number of nitrogens with zero attached hydrogens (tertiary/aromatic N) is 2. The Morgan fingerprint density at radius 1 is 1.38 bits per heavy atom. The molecule has 0 radical (unpaired) electrons. The Bertz CT molecular complexity index is 662. The molecule has 0 bridgehead atoms. The second-order valence-electron chi connectivity index (χ2n) is 6.22. The highest BCUT2D eigenvalue weighted by atomic mass is 32.1. The fraction of sp³-hybridized carbons (Fsp3) is 0.500. The summed E-state index contributed by atoms with van der Waals surface area (Å²) in [6.07, 6.45) is 2.60. The number of aryl methyl sites for hydroxylation is 1. The summed E-state index contributed by atoms with van der Waals surface area (Å²) < 4.78 is 1.93. The number of aromatic nitrogens is 2. The van der Waals surface area contributed by atoms with E-state index in [2.05, 4.69) is 45.0 Å². The van der Waals surface area contributed by atoms with Crippen molar-refractivity contribution < 1.29 is 4.79 Å². The van der Waals surface area contributed by atoms with E-state index >= 15 is 0 Å². The molecule has 0 saturated carbocycles. The number of nitrogens with one attached hydrogen (secondary N) is 1. The smallest absolute Gasteiger partial charge is 0.256 e. The van der Waals surface area contributed by atoms with Crippen molar-refractivity contribution in [2.24, 2.45) is 0 Å². The van der Waals surface area contributed by atoms with Crippen LogP contribution in [0.2, 0.25) is 0 Å². The maximum absolute atomic E-state index is 12.5. The molecule has 2 heterocycles. The first-order chi connectivity index (χ1) is 9.75. The molecule has 1 amide bonds. The molecule has 21 heavy (non-hydrogen) atoms. The number of anilines is 1. The summed E-state index contributed by atoms with van der Waals surface area (Å²) in [6, 6.07) is 0. The number of hydrogen-bond donors (Lipinski definition) is 1. The third-order valence-corrected chi connectivity index (χ3v) is 4.55. The lowest BCUT2D eigenvalue weighted by atomic mass is 10.1. The van der Waals surface area contributed by atoms with Crippen LogP contribution in [0.15, 0.2) is 11.6 Å². The molecule has 1 N–H and O–H groups in total. The van der Waals surface area contributed by atoms with E-state index in [1.165, 1.54) is 4.88 Å². The van der Waals surface area contributed by atoms with Gasteiger partial charge in [-0.25, -0.2) is 0 Å². The van der Waals surface area contributed by atoms with Gasteiger partial charge in [0.05, 0.1) is 28.7 Å². The molecule has 114 valence electrons. The second kappa shape index (κ2) is 5.64. The van der Waals surface area contributed by atoms with Crippen molar-refractivity contribution in [3.63, 3.8) is 0 Å². The van der Waals surface area contributed by atoms with E-state index in [0.717, 1.165) is 28.9 Å². The lowest BCUT2D eigenvalue weighted by Crippen LogP contribution is -2.24. The SMILES string of the molecule is CCc1c(C(=O)Nc2cnn(C(C)(C)C)c2C)csc1C. The Kier molecular flexibility index (Phi) is 4.23. The minimum absolute atomic E-state index is 0.0484. The van der Waals surface area contributed by atoms with Gasteiger partial charge in [-0.15, -0.1) is 11.3 Å². The van der Waals surface area contributed by atoms with Crippen LogP contribution in [0.5, 0.6) is 0 Å². The fourth-order valence-electron chi connectivity index (χ4n) is 2.51. The molecule has 2 aromatic rings. The molecular formula is C16H23N3OS. The Labute approximate surface area is 130 Å². The topological polar surface area (TPSA) is 46.9 Å². The van der Waals surface area contributed by atoms with Gasteiger partial charge < -0.3 is 5.32 Å². The molecule has 4 nitrogen and oxygen atoms in total. The summed E-state index contributed by atoms with van der Waals surface area (Å²) in [5.74, 6) is -0.0484. The van der Waals surface area contributed by atoms with Gasteiger partial charge in [-0.05, 0) is 46.6 Å². The molecule has 0 fully saturated rings. The van der Waals surface area contributed by atoms with E-state index in [-0.39, 0.29) is 11.4 Å². The van der Waals surface area contributed by atoms with Gasteiger partial charge in [0.25, 0.3) is 5.91 Å². The summed E-state index contributed by atoms with van der Waals surface area (Å²) in [6.45, 7) is 12.4. The van der Waals surface area contributed by atoms with Crippen molar-refractivity contribution in [3.8, 4) is 0 Å². The molecule has 0 aromatic carbocycles. The lowest BCUT2D eigenvalue weighted by molar-refractivity contribution is 0.102. The largest absolute Gasteiger partial charge is 0.319 e. The Morgan fingerprint density at radius 2 is 2.05 bits per heavy atom. The number of hydrogen-bond acceptors (Lipinski definition) is 3. The normalized spacial score (nSPS) is 11.7. The van der Waals surface area contributed by atoms with Crippen LogP contribution in [0.3, 0.4) is 0 Å². The summed E-state index contributed by atoms with van der Waals surface area (Å²) in [5.41, 5.74) is 3.57. The first-order valence-corrected chi connectivity index (χ1v) is 8.07. The van der Waals surface area contributed by atoms with Crippen molar-refractivity contribution >= 4 is 22.9 Å². The monoisotopic (exact) mass is 305 g/mol. The average molecular weight is 305 g/mol. The van der Waals surface area contributed by atoms with Crippen molar-refractivity contribution in [2.45, 2.75) is 53.5 Å². The Hall–Kier alpha value is -1.62. The van der Waals surface area contributed by atoms with Crippen LogP contribution >= 0.6 is 11.3 Å². The molecule has 2 aromatic heterocycles. The molecule has 0 aliphatic heterocycles. The Morgan fingerprint density at radius 3 is 2.57 bits per heavy atom. The first kappa shape index (κ1) is 15.8. The minimum Gasteiger partial charge on any atom is -0.319 e. The van der Waals surface area contributed by atoms with Gasteiger partial charge in [-0.1, -0.05) is 6.92 Å². The summed E-state index contributed by atoms with van der Waals surface area (Å²) >= 11 is 1.63. The van der Waals surface area contributed by atoms with Crippen molar-refractivity contribution in [1.29, 1.82) is 0 Å². The zero-order valence-electron chi connectivity index (χ0n) is 13.6. The molecule has 0 saturated heterocycles. The molecule has 0 atom stereocenters. The highest BCUT2D eigenvalue weighted by molar-refractivity contribution is 7.10. The maximum atomic E-state index is 12.5. The molecule has 5 heteroatoms. The number of thiophene rings is 1. The summed E-state index contributed by atoms with van der Waals surface area (Å²) in [4.78, 5) is 13.7. The van der Waals surface area contributed by atoms with E-state index in [1.807, 2.05) is 17.0 Å². The van der Waals surface area contributed by atoms with Crippen LogP contribution < -0.4 is 5.32 Å². The summed E-state index contributed by atoms with van der Waals surface area (Å²) in [7, 11) is 0. The molecule has 2 rings (SSSR count). The van der Waals surface area contributed by atoms with Crippen molar-refractivity contribution in [2.75, 3.05) is 5.32 Å². The third kappa shape index (κ3) is 3.02. The quantitative estimate of drug-likeness (QED) is 0.926. The van der Waals surface area contributed by atoms with E-state index < -0.39 is 0 Å². The Balaban J connectivity index is 2.26. The van der Waals surface area contributed by atoms with E-state index in [0.29, 0.717) is 0 Å². The van der Waals surface area contributed by atoms with Crippen LogP contribution in [0.4, 0.5) is 5.69 Å².